The first-order valence-electron chi connectivity index (χ1n) is 5.42. The molecule has 1 fully saturated rings. The summed E-state index contributed by atoms with van der Waals surface area (Å²) in [7, 11) is -3.03. The van der Waals surface area contributed by atoms with Crippen molar-refractivity contribution in [3.05, 3.63) is 22.2 Å². The number of allylic oxidation sites excluding steroid dienone is 3. The molecule has 1 radical (unpaired) electrons. The molecule has 1 heterocycles. The predicted molar refractivity (Wildman–Crippen MR) is 65.3 cm³/mol. The molecule has 0 aromatic heterocycles. The van der Waals surface area contributed by atoms with Crippen molar-refractivity contribution in [3.63, 3.8) is 0 Å². The predicted octanol–water partition coefficient (Wildman–Crippen LogP) is -3.40. The van der Waals surface area contributed by atoms with Crippen LogP contribution in [0.4, 0.5) is 0 Å². The van der Waals surface area contributed by atoms with Gasteiger partial charge in [-0.05, 0) is 25.4 Å². The molecule has 1 atom stereocenters. The summed E-state index contributed by atoms with van der Waals surface area (Å²) in [5.41, 5.74) is 0. The summed E-state index contributed by atoms with van der Waals surface area (Å²) in [6.07, 6.45) is 2.97. The Bertz CT molecular complexity index is 416. The maximum atomic E-state index is 11.6. The van der Waals surface area contributed by atoms with Crippen molar-refractivity contribution < 1.29 is 55.8 Å². The monoisotopic (exact) mass is 355 g/mol. The molecule has 18 heavy (non-hydrogen) atoms. The summed E-state index contributed by atoms with van der Waals surface area (Å²) in [5, 5.41) is 2.49. The average Bonchev–Trinajstić information content (AvgIpc) is 2.51. The van der Waals surface area contributed by atoms with Gasteiger partial charge in [-0.1, -0.05) is 19.5 Å². The van der Waals surface area contributed by atoms with Crippen LogP contribution in [0.1, 0.15) is 6.92 Å². The summed E-state index contributed by atoms with van der Waals surface area (Å²) >= 11 is 0. The molecule has 1 unspecified atom stereocenters. The van der Waals surface area contributed by atoms with Crippen molar-refractivity contribution in [3.8, 4) is 0 Å². The molecular formula is C11H17Cl2O2Si2Ti. The summed E-state index contributed by atoms with van der Waals surface area (Å²) in [4.78, 5) is 11.6. The molecule has 2 aliphatic rings. The Labute approximate surface area is 138 Å². The molecule has 0 spiro atoms. The van der Waals surface area contributed by atoms with Crippen LogP contribution in [0.2, 0.25) is 32.2 Å². The van der Waals surface area contributed by atoms with Crippen molar-refractivity contribution in [1.29, 1.82) is 0 Å². The zero-order valence-electron chi connectivity index (χ0n) is 11.3. The Balaban J connectivity index is 0. The van der Waals surface area contributed by atoms with Gasteiger partial charge in [-0.15, -0.1) is 6.08 Å². The van der Waals surface area contributed by atoms with Gasteiger partial charge in [-0.25, -0.2) is 0 Å². The number of halogens is 2. The fourth-order valence-electron chi connectivity index (χ4n) is 2.02. The molecule has 2 rings (SSSR count). The minimum atomic E-state index is -1.66. The third-order valence-electron chi connectivity index (χ3n) is 3.08. The van der Waals surface area contributed by atoms with Gasteiger partial charge in [-0.2, -0.15) is 10.4 Å². The van der Waals surface area contributed by atoms with Crippen LogP contribution in [0.25, 0.3) is 0 Å². The van der Waals surface area contributed by atoms with Gasteiger partial charge in [0, 0.05) is 8.07 Å². The van der Waals surface area contributed by atoms with Crippen LogP contribution in [0.15, 0.2) is 16.2 Å². The Kier molecular flexibility index (Phi) is 7.48. The van der Waals surface area contributed by atoms with Gasteiger partial charge in [0.15, 0.2) is 0 Å². The molecule has 2 nitrogen and oxygen atoms in total. The van der Waals surface area contributed by atoms with E-state index < -0.39 is 16.4 Å². The summed E-state index contributed by atoms with van der Waals surface area (Å²) in [5.74, 6) is 0.640. The minimum Gasteiger partial charge on any atom is -1.00 e. The Hall–Kier alpha value is 0.678. The second-order valence-electron chi connectivity index (χ2n) is 5.43. The largest absolute Gasteiger partial charge is 3.00 e. The molecule has 99 valence electrons. The standard InChI is InChI=1S/C11H17O2Si2.2ClH.Ti/c1-6-15(5)9-7-8(12)10(11(9)15)13-14(2,3)4;;;/h6H2,1-5H3;2*1H;/q-1;;;+3/p-2. The van der Waals surface area contributed by atoms with E-state index in [1.54, 1.807) is 0 Å². The number of fused-ring (bicyclic) bond motifs is 1. The van der Waals surface area contributed by atoms with E-state index in [1.807, 2.05) is 0 Å². The van der Waals surface area contributed by atoms with Crippen molar-refractivity contribution in [1.82, 2.24) is 0 Å². The van der Waals surface area contributed by atoms with Gasteiger partial charge < -0.3 is 34.0 Å². The van der Waals surface area contributed by atoms with Crippen molar-refractivity contribution >= 4 is 22.2 Å². The molecule has 0 aromatic carbocycles. The summed E-state index contributed by atoms with van der Waals surface area (Å²) in [6, 6.07) is 1.16. The smallest absolute Gasteiger partial charge is 1.00 e. The first kappa shape index (κ1) is 21.0. The first-order chi connectivity index (χ1) is 6.79. The fourth-order valence-corrected chi connectivity index (χ4v) is 6.33. The molecule has 1 aliphatic heterocycles. The van der Waals surface area contributed by atoms with Gasteiger partial charge in [0.25, 0.3) is 0 Å². The maximum Gasteiger partial charge on any atom is 3.00 e. The molecular weight excluding hydrogens is 339 g/mol. The number of hydrogen-bond acceptors (Lipinski definition) is 2. The third-order valence-corrected chi connectivity index (χ3v) is 8.12. The van der Waals surface area contributed by atoms with Crippen molar-refractivity contribution in [2.75, 3.05) is 0 Å². The normalized spacial score (nSPS) is 24.3. The summed E-state index contributed by atoms with van der Waals surface area (Å²) < 4.78 is 5.88. The number of hydrogen-bond donors (Lipinski definition) is 0. The van der Waals surface area contributed by atoms with Crippen molar-refractivity contribution in [2.24, 2.45) is 0 Å². The zero-order chi connectivity index (χ0) is 11.4. The van der Waals surface area contributed by atoms with E-state index in [0.29, 0.717) is 5.76 Å². The van der Waals surface area contributed by atoms with E-state index in [9.17, 15) is 4.79 Å². The number of rotatable bonds is 3. The summed E-state index contributed by atoms with van der Waals surface area (Å²) in [6.45, 7) is 10.8. The van der Waals surface area contributed by atoms with Crippen LogP contribution in [0, 0.1) is 6.08 Å². The molecule has 0 aromatic rings. The van der Waals surface area contributed by atoms with E-state index in [0.717, 1.165) is 6.04 Å². The van der Waals surface area contributed by atoms with Crippen LogP contribution in [-0.2, 0) is 30.9 Å². The molecule has 0 amide bonds. The number of ketones is 1. The van der Waals surface area contributed by atoms with Crippen LogP contribution in [0.3, 0.4) is 0 Å². The van der Waals surface area contributed by atoms with E-state index in [-0.39, 0.29) is 52.3 Å². The van der Waals surface area contributed by atoms with E-state index >= 15 is 0 Å². The minimum absolute atomic E-state index is 0. The van der Waals surface area contributed by atoms with Gasteiger partial charge in [0.1, 0.15) is 0 Å². The molecule has 1 saturated heterocycles. The molecule has 1 aliphatic carbocycles. The SMILES string of the molecule is CC[Si]1(C)C2=[C-]C(=O)C(O[Si](C)(C)C)=C21.[Cl-].[Cl-].[Ti+3]. The number of carbonyl (C=O) groups is 1. The Morgan fingerprint density at radius 1 is 1.28 bits per heavy atom. The quantitative estimate of drug-likeness (QED) is 0.389. The van der Waals surface area contributed by atoms with Gasteiger partial charge >= 0.3 is 21.7 Å². The Morgan fingerprint density at radius 3 is 2.17 bits per heavy atom. The van der Waals surface area contributed by atoms with Gasteiger partial charge in [-0.3, -0.25) is 0 Å². The van der Waals surface area contributed by atoms with Crippen LogP contribution in [0.5, 0.6) is 0 Å². The van der Waals surface area contributed by atoms with Crippen LogP contribution < -0.4 is 24.8 Å². The molecule has 0 saturated carbocycles. The third kappa shape index (κ3) is 3.41. The van der Waals surface area contributed by atoms with Gasteiger partial charge in [0.05, 0.1) is 5.78 Å². The van der Waals surface area contributed by atoms with Gasteiger partial charge in [0.2, 0.25) is 8.32 Å². The molecule has 0 bridgehead atoms. The van der Waals surface area contributed by atoms with Crippen LogP contribution in [-0.4, -0.2) is 22.2 Å². The molecule has 0 N–H and O–H groups in total. The van der Waals surface area contributed by atoms with Crippen LogP contribution >= 0.6 is 0 Å². The number of Topliss-reactive ketones (excluding diaryl/α,β-unsaturated/α-hetero) is 1. The average molecular weight is 356 g/mol. The fraction of sp³-hybridized carbons (Fsp3) is 0.545. The second-order valence-corrected chi connectivity index (χ2v) is 14.2. The Morgan fingerprint density at radius 2 is 1.78 bits per heavy atom. The van der Waals surface area contributed by atoms with E-state index in [4.69, 9.17) is 4.43 Å². The topological polar surface area (TPSA) is 26.3 Å². The number of carbonyl (C=O) groups excluding carboxylic acids is 1. The first-order valence-corrected chi connectivity index (χ1v) is 11.5. The zero-order valence-corrected chi connectivity index (χ0v) is 16.4. The second kappa shape index (κ2) is 6.42. The van der Waals surface area contributed by atoms with E-state index in [1.165, 1.54) is 10.4 Å². The van der Waals surface area contributed by atoms with E-state index in [2.05, 4.69) is 39.2 Å². The molecule has 7 heteroatoms. The van der Waals surface area contributed by atoms with Crippen molar-refractivity contribution in [2.45, 2.75) is 39.2 Å². The maximum absolute atomic E-state index is 11.6.